The number of rotatable bonds is 6. The normalized spacial score (nSPS) is 10.4. The van der Waals surface area contributed by atoms with Crippen LogP contribution >= 0.6 is 0 Å². The Morgan fingerprint density at radius 1 is 1.14 bits per heavy atom. The molecule has 0 bridgehead atoms. The summed E-state index contributed by atoms with van der Waals surface area (Å²) in [4.78, 5) is 14.6. The molecule has 1 heterocycles. The van der Waals surface area contributed by atoms with Gasteiger partial charge in [-0.25, -0.2) is 0 Å². The van der Waals surface area contributed by atoms with Gasteiger partial charge in [0.25, 0.3) is 0 Å². The molecule has 2 aromatic rings. The molecular formula is C15H21N5O. The van der Waals surface area contributed by atoms with Gasteiger partial charge in [0, 0.05) is 12.2 Å². The minimum atomic E-state index is 0.165. The van der Waals surface area contributed by atoms with Crippen LogP contribution in [0.3, 0.4) is 0 Å². The van der Waals surface area contributed by atoms with Gasteiger partial charge in [-0.2, -0.15) is 15.0 Å². The van der Waals surface area contributed by atoms with E-state index in [9.17, 15) is 0 Å². The number of aryl methyl sites for hydroxylation is 1. The molecule has 2 rings (SSSR count). The molecule has 2 N–H and O–H groups in total. The summed E-state index contributed by atoms with van der Waals surface area (Å²) < 4.78 is 5.47. The molecule has 6 heteroatoms. The highest BCUT2D eigenvalue weighted by Gasteiger charge is 2.15. The van der Waals surface area contributed by atoms with E-state index in [2.05, 4.69) is 27.9 Å². The van der Waals surface area contributed by atoms with Gasteiger partial charge in [0.1, 0.15) is 0 Å². The summed E-state index contributed by atoms with van der Waals surface area (Å²) in [7, 11) is 0. The maximum atomic E-state index is 5.77. The number of nitrogen functional groups attached to an aromatic ring is 1. The van der Waals surface area contributed by atoms with E-state index in [0.29, 0.717) is 12.6 Å². The van der Waals surface area contributed by atoms with Crippen molar-refractivity contribution in [3.8, 4) is 6.01 Å². The van der Waals surface area contributed by atoms with E-state index in [-0.39, 0.29) is 12.0 Å². The van der Waals surface area contributed by atoms with E-state index >= 15 is 0 Å². The Labute approximate surface area is 125 Å². The number of ether oxygens (including phenoxy) is 1. The van der Waals surface area contributed by atoms with Gasteiger partial charge >= 0.3 is 6.01 Å². The number of nitrogens with zero attached hydrogens (tertiary/aromatic N) is 4. The molecule has 0 saturated heterocycles. The predicted octanol–water partition coefficient (Wildman–Crippen LogP) is 2.71. The van der Waals surface area contributed by atoms with Crippen LogP contribution < -0.4 is 15.4 Å². The number of para-hydroxylation sites is 1. The molecule has 112 valence electrons. The summed E-state index contributed by atoms with van der Waals surface area (Å²) in [5.41, 5.74) is 7.97. The molecule has 1 aromatic carbocycles. The number of anilines is 3. The third-order valence-electron chi connectivity index (χ3n) is 3.02. The Hall–Kier alpha value is -2.37. The highest BCUT2D eigenvalue weighted by molar-refractivity contribution is 5.61. The van der Waals surface area contributed by atoms with Crippen LogP contribution in [0.15, 0.2) is 24.3 Å². The van der Waals surface area contributed by atoms with Gasteiger partial charge in [0.2, 0.25) is 11.9 Å². The van der Waals surface area contributed by atoms with Crippen LogP contribution in [-0.4, -0.2) is 28.1 Å². The summed E-state index contributed by atoms with van der Waals surface area (Å²) >= 11 is 0. The van der Waals surface area contributed by atoms with Crippen molar-refractivity contribution in [2.45, 2.75) is 27.2 Å². The van der Waals surface area contributed by atoms with Crippen LogP contribution in [0.5, 0.6) is 6.01 Å². The zero-order chi connectivity index (χ0) is 15.2. The topological polar surface area (TPSA) is 77.2 Å². The molecule has 0 fully saturated rings. The van der Waals surface area contributed by atoms with Crippen molar-refractivity contribution in [1.82, 2.24) is 15.0 Å². The van der Waals surface area contributed by atoms with Crippen molar-refractivity contribution in [1.29, 1.82) is 0 Å². The molecule has 0 spiro atoms. The van der Waals surface area contributed by atoms with E-state index in [1.54, 1.807) is 0 Å². The first-order valence-electron chi connectivity index (χ1n) is 7.13. The monoisotopic (exact) mass is 287 g/mol. The highest BCUT2D eigenvalue weighted by Crippen LogP contribution is 2.26. The van der Waals surface area contributed by atoms with E-state index in [1.807, 2.05) is 36.9 Å². The first-order chi connectivity index (χ1) is 10.2. The molecule has 0 radical (unpaired) electrons. The minimum Gasteiger partial charge on any atom is -0.463 e. The van der Waals surface area contributed by atoms with Crippen LogP contribution in [-0.2, 0) is 0 Å². The number of nitrogens with two attached hydrogens (primary N) is 1. The zero-order valence-corrected chi connectivity index (χ0v) is 12.7. The van der Waals surface area contributed by atoms with Crippen molar-refractivity contribution in [3.05, 3.63) is 29.8 Å². The fourth-order valence-electron chi connectivity index (χ4n) is 2.03. The van der Waals surface area contributed by atoms with Gasteiger partial charge < -0.3 is 15.4 Å². The lowest BCUT2D eigenvalue weighted by molar-refractivity contribution is 0.292. The molecule has 0 aliphatic rings. The summed E-state index contributed by atoms with van der Waals surface area (Å²) in [6.45, 7) is 7.40. The third kappa shape index (κ3) is 3.59. The molecule has 0 amide bonds. The molecule has 0 unspecified atom stereocenters. The maximum Gasteiger partial charge on any atom is 0.323 e. The zero-order valence-electron chi connectivity index (χ0n) is 12.7. The molecule has 21 heavy (non-hydrogen) atoms. The molecule has 6 nitrogen and oxygen atoms in total. The average Bonchev–Trinajstić information content (AvgIpc) is 2.47. The van der Waals surface area contributed by atoms with Crippen LogP contribution in [0.25, 0.3) is 0 Å². The van der Waals surface area contributed by atoms with Crippen LogP contribution in [0, 0.1) is 6.92 Å². The molecule has 0 atom stereocenters. The fraction of sp³-hybridized carbons (Fsp3) is 0.400. The molecular weight excluding hydrogens is 266 g/mol. The van der Waals surface area contributed by atoms with E-state index in [1.165, 1.54) is 0 Å². The second-order valence-corrected chi connectivity index (χ2v) is 4.66. The first-order valence-corrected chi connectivity index (χ1v) is 7.13. The van der Waals surface area contributed by atoms with Gasteiger partial charge in [-0.15, -0.1) is 0 Å². The van der Waals surface area contributed by atoms with Crippen LogP contribution in [0.4, 0.5) is 17.6 Å². The highest BCUT2D eigenvalue weighted by atomic mass is 16.5. The Morgan fingerprint density at radius 2 is 1.90 bits per heavy atom. The fourth-order valence-corrected chi connectivity index (χ4v) is 2.03. The van der Waals surface area contributed by atoms with Crippen molar-refractivity contribution in [3.63, 3.8) is 0 Å². The van der Waals surface area contributed by atoms with Gasteiger partial charge in [0.05, 0.1) is 6.61 Å². The van der Waals surface area contributed by atoms with Crippen molar-refractivity contribution < 1.29 is 4.74 Å². The Morgan fingerprint density at radius 3 is 2.57 bits per heavy atom. The Kier molecular flexibility index (Phi) is 4.92. The van der Waals surface area contributed by atoms with E-state index in [0.717, 1.165) is 24.2 Å². The van der Waals surface area contributed by atoms with Crippen molar-refractivity contribution in [2.75, 3.05) is 23.8 Å². The van der Waals surface area contributed by atoms with Crippen molar-refractivity contribution >= 4 is 17.6 Å². The quantitative estimate of drug-likeness (QED) is 0.880. The summed E-state index contributed by atoms with van der Waals surface area (Å²) in [6, 6.07) is 8.35. The van der Waals surface area contributed by atoms with Crippen LogP contribution in [0.1, 0.15) is 25.8 Å². The number of aromatic nitrogens is 3. The second-order valence-electron chi connectivity index (χ2n) is 4.66. The minimum absolute atomic E-state index is 0.165. The summed E-state index contributed by atoms with van der Waals surface area (Å²) in [5.74, 6) is 0.670. The van der Waals surface area contributed by atoms with Gasteiger partial charge in [-0.1, -0.05) is 25.1 Å². The lowest BCUT2D eigenvalue weighted by Gasteiger charge is -2.23. The van der Waals surface area contributed by atoms with Gasteiger partial charge in [0.15, 0.2) is 0 Å². The molecule has 0 aliphatic heterocycles. The number of hydrogen-bond acceptors (Lipinski definition) is 6. The number of hydrogen-bond donors (Lipinski definition) is 1. The predicted molar refractivity (Wildman–Crippen MR) is 83.9 cm³/mol. The smallest absolute Gasteiger partial charge is 0.323 e. The third-order valence-corrected chi connectivity index (χ3v) is 3.02. The molecule has 1 aromatic heterocycles. The second kappa shape index (κ2) is 6.88. The van der Waals surface area contributed by atoms with Gasteiger partial charge in [-0.3, -0.25) is 0 Å². The van der Waals surface area contributed by atoms with E-state index in [4.69, 9.17) is 10.5 Å². The summed E-state index contributed by atoms with van der Waals surface area (Å²) in [5, 5.41) is 0. The molecule has 0 aliphatic carbocycles. The lowest BCUT2D eigenvalue weighted by Crippen LogP contribution is -2.21. The lowest BCUT2D eigenvalue weighted by atomic mass is 10.2. The first kappa shape index (κ1) is 15.0. The largest absolute Gasteiger partial charge is 0.463 e. The van der Waals surface area contributed by atoms with Crippen molar-refractivity contribution in [2.24, 2.45) is 0 Å². The summed E-state index contributed by atoms with van der Waals surface area (Å²) in [6.07, 6.45) is 0.885. The molecule has 0 saturated carbocycles. The Bertz CT molecular complexity index is 602. The SMILES string of the molecule is CCCOc1nc(N)nc(N(CC)c2ccccc2C)n1. The average molecular weight is 287 g/mol. The Balaban J connectivity index is 2.38. The van der Waals surface area contributed by atoms with Crippen LogP contribution in [0.2, 0.25) is 0 Å². The maximum absolute atomic E-state index is 5.77. The van der Waals surface area contributed by atoms with E-state index < -0.39 is 0 Å². The number of benzene rings is 1. The standard InChI is InChI=1S/C15H21N5O/c1-4-10-21-15-18-13(16)17-14(19-15)20(5-2)12-9-7-6-8-11(12)3/h6-9H,4-5,10H2,1-3H3,(H2,16,17,18,19). The van der Waals surface area contributed by atoms with Gasteiger partial charge in [-0.05, 0) is 31.9 Å².